The fraction of sp³-hybridized carbons (Fsp3) is 0.929. The van der Waals surface area contributed by atoms with Crippen LogP contribution in [0.3, 0.4) is 0 Å². The summed E-state index contributed by atoms with van der Waals surface area (Å²) in [5, 5.41) is 6.52. The van der Waals surface area contributed by atoms with E-state index < -0.39 is 0 Å². The van der Waals surface area contributed by atoms with Gasteiger partial charge in [-0.2, -0.15) is 0 Å². The van der Waals surface area contributed by atoms with Crippen LogP contribution in [0.25, 0.3) is 0 Å². The first-order valence-electron chi connectivity index (χ1n) is 7.41. The Hall–Kier alpha value is -0.610. The van der Waals surface area contributed by atoms with Gasteiger partial charge < -0.3 is 15.4 Å². The zero-order valence-electron chi connectivity index (χ0n) is 11.2. The zero-order valence-corrected chi connectivity index (χ0v) is 11.2. The highest BCUT2D eigenvalue weighted by atomic mass is 16.5. The van der Waals surface area contributed by atoms with Gasteiger partial charge in [0.15, 0.2) is 0 Å². The van der Waals surface area contributed by atoms with Crippen molar-refractivity contribution in [1.82, 2.24) is 10.6 Å². The molecule has 0 bridgehead atoms. The zero-order chi connectivity index (χ0) is 12.6. The van der Waals surface area contributed by atoms with E-state index in [0.29, 0.717) is 12.1 Å². The fourth-order valence-electron chi connectivity index (χ4n) is 3.82. The van der Waals surface area contributed by atoms with Gasteiger partial charge in [0.2, 0.25) is 5.91 Å². The lowest BCUT2D eigenvalue weighted by Crippen LogP contribution is -2.68. The molecule has 4 nitrogen and oxygen atoms in total. The third-order valence-electron chi connectivity index (χ3n) is 5.13. The Bertz CT molecular complexity index is 322. The van der Waals surface area contributed by atoms with Crippen molar-refractivity contribution in [3.63, 3.8) is 0 Å². The molecule has 102 valence electrons. The molecule has 1 spiro atoms. The minimum atomic E-state index is 0.0493. The predicted octanol–water partition coefficient (Wildman–Crippen LogP) is 1.20. The summed E-state index contributed by atoms with van der Waals surface area (Å²) in [6, 6.07) is 0.408. The van der Waals surface area contributed by atoms with E-state index in [1.807, 2.05) is 0 Å². The monoisotopic (exact) mass is 252 g/mol. The van der Waals surface area contributed by atoms with Gasteiger partial charge >= 0.3 is 0 Å². The van der Waals surface area contributed by atoms with E-state index in [9.17, 15) is 4.79 Å². The Labute approximate surface area is 109 Å². The van der Waals surface area contributed by atoms with Crippen molar-refractivity contribution in [2.75, 3.05) is 13.2 Å². The maximum Gasteiger partial charge on any atom is 0.237 e. The number of nitrogens with one attached hydrogen (secondary N) is 2. The lowest BCUT2D eigenvalue weighted by Gasteiger charge is -2.61. The van der Waals surface area contributed by atoms with E-state index in [2.05, 4.69) is 17.6 Å². The smallest absolute Gasteiger partial charge is 0.237 e. The summed E-state index contributed by atoms with van der Waals surface area (Å²) >= 11 is 0. The molecule has 3 fully saturated rings. The quantitative estimate of drug-likeness (QED) is 0.790. The van der Waals surface area contributed by atoms with Crippen LogP contribution in [0.2, 0.25) is 0 Å². The Morgan fingerprint density at radius 3 is 2.83 bits per heavy atom. The molecule has 0 aromatic rings. The minimum absolute atomic E-state index is 0.0493. The van der Waals surface area contributed by atoms with E-state index in [0.717, 1.165) is 32.4 Å². The largest absolute Gasteiger partial charge is 0.378 e. The first-order valence-corrected chi connectivity index (χ1v) is 7.41. The molecule has 1 amide bonds. The fourth-order valence-corrected chi connectivity index (χ4v) is 3.82. The molecule has 3 rings (SSSR count). The molecule has 1 aliphatic heterocycles. The Morgan fingerprint density at radius 1 is 1.44 bits per heavy atom. The summed E-state index contributed by atoms with van der Waals surface area (Å²) < 4.78 is 5.81. The van der Waals surface area contributed by atoms with Crippen LogP contribution in [-0.4, -0.2) is 37.2 Å². The summed E-state index contributed by atoms with van der Waals surface area (Å²) in [5.41, 5.74) is 0.282. The summed E-state index contributed by atoms with van der Waals surface area (Å²) in [5.74, 6) is 0.207. The van der Waals surface area contributed by atoms with Crippen LogP contribution in [0.4, 0.5) is 0 Å². The molecule has 0 aromatic heterocycles. The van der Waals surface area contributed by atoms with Crippen LogP contribution >= 0.6 is 0 Å². The Morgan fingerprint density at radius 2 is 2.28 bits per heavy atom. The number of carbonyl (C=O) groups excluding carboxylic acids is 1. The lowest BCUT2D eigenvalue weighted by molar-refractivity contribution is -0.176. The molecule has 3 unspecified atom stereocenters. The van der Waals surface area contributed by atoms with E-state index in [-0.39, 0.29) is 17.4 Å². The number of carbonyl (C=O) groups is 1. The molecular weight excluding hydrogens is 228 g/mol. The molecule has 3 atom stereocenters. The predicted molar refractivity (Wildman–Crippen MR) is 69.3 cm³/mol. The second kappa shape index (κ2) is 4.82. The molecule has 3 aliphatic rings. The van der Waals surface area contributed by atoms with E-state index in [1.54, 1.807) is 0 Å². The third-order valence-corrected chi connectivity index (χ3v) is 5.13. The molecule has 2 aliphatic carbocycles. The molecule has 2 saturated carbocycles. The molecule has 18 heavy (non-hydrogen) atoms. The molecule has 0 radical (unpaired) electrons. The van der Waals surface area contributed by atoms with Crippen LogP contribution in [0.5, 0.6) is 0 Å². The maximum absolute atomic E-state index is 12.1. The average Bonchev–Trinajstić information content (AvgIpc) is 2.78. The number of rotatable bonds is 4. The summed E-state index contributed by atoms with van der Waals surface area (Å²) in [6.07, 6.45) is 7.24. The lowest BCUT2D eigenvalue weighted by atomic mass is 9.51. The highest BCUT2D eigenvalue weighted by molar-refractivity contribution is 5.82. The van der Waals surface area contributed by atoms with Gasteiger partial charge in [0, 0.05) is 18.1 Å². The molecule has 0 aromatic carbocycles. The van der Waals surface area contributed by atoms with Crippen molar-refractivity contribution in [3.8, 4) is 0 Å². The molecular formula is C14H24N2O2. The first-order chi connectivity index (χ1) is 8.76. The van der Waals surface area contributed by atoms with Crippen LogP contribution in [0, 0.1) is 5.41 Å². The van der Waals surface area contributed by atoms with Crippen LogP contribution in [-0.2, 0) is 9.53 Å². The Balaban J connectivity index is 1.55. The summed E-state index contributed by atoms with van der Waals surface area (Å²) in [7, 11) is 0. The van der Waals surface area contributed by atoms with Gasteiger partial charge in [0.25, 0.3) is 0 Å². The van der Waals surface area contributed by atoms with Crippen molar-refractivity contribution in [3.05, 3.63) is 0 Å². The van der Waals surface area contributed by atoms with Crippen LogP contribution in [0.15, 0.2) is 0 Å². The van der Waals surface area contributed by atoms with Gasteiger partial charge in [-0.3, -0.25) is 4.79 Å². The molecule has 1 saturated heterocycles. The average molecular weight is 252 g/mol. The van der Waals surface area contributed by atoms with Crippen LogP contribution in [0.1, 0.15) is 45.4 Å². The van der Waals surface area contributed by atoms with Crippen molar-refractivity contribution < 1.29 is 9.53 Å². The number of hydrogen-bond donors (Lipinski definition) is 2. The second-order valence-electron chi connectivity index (χ2n) is 5.98. The van der Waals surface area contributed by atoms with E-state index in [4.69, 9.17) is 4.74 Å². The second-order valence-corrected chi connectivity index (χ2v) is 5.98. The number of ether oxygens (including phenoxy) is 1. The molecule has 1 heterocycles. The third kappa shape index (κ3) is 1.86. The van der Waals surface area contributed by atoms with Crippen molar-refractivity contribution in [1.29, 1.82) is 0 Å². The van der Waals surface area contributed by atoms with Gasteiger partial charge in [0.1, 0.15) is 0 Å². The molecule has 4 heteroatoms. The van der Waals surface area contributed by atoms with Crippen molar-refractivity contribution in [2.24, 2.45) is 5.41 Å². The Kier molecular flexibility index (Phi) is 3.32. The minimum Gasteiger partial charge on any atom is -0.378 e. The standard InChI is InChI=1S/C14H24N2O2/c1-2-18-12-9-11(14(12)6-4-7-14)16-13(17)10-5-3-8-15-10/h10-12,15H,2-9H2,1H3,(H,16,17). The number of amides is 1. The van der Waals surface area contributed by atoms with E-state index in [1.165, 1.54) is 19.3 Å². The summed E-state index contributed by atoms with van der Waals surface area (Å²) in [4.78, 5) is 12.1. The highest BCUT2D eigenvalue weighted by Crippen LogP contribution is 2.57. The normalized spacial score (nSPS) is 37.1. The van der Waals surface area contributed by atoms with Gasteiger partial charge in [-0.05, 0) is 45.6 Å². The van der Waals surface area contributed by atoms with Gasteiger partial charge in [-0.25, -0.2) is 0 Å². The van der Waals surface area contributed by atoms with Gasteiger partial charge in [-0.1, -0.05) is 6.42 Å². The van der Waals surface area contributed by atoms with E-state index >= 15 is 0 Å². The summed E-state index contributed by atoms with van der Waals surface area (Å²) in [6.45, 7) is 3.83. The van der Waals surface area contributed by atoms with Gasteiger partial charge in [0.05, 0.1) is 12.1 Å². The SMILES string of the molecule is CCOC1CC(NC(=O)C2CCCN2)C12CCC2. The van der Waals surface area contributed by atoms with Gasteiger partial charge in [-0.15, -0.1) is 0 Å². The first kappa shape index (κ1) is 12.4. The van der Waals surface area contributed by atoms with Crippen molar-refractivity contribution >= 4 is 5.91 Å². The number of hydrogen-bond acceptors (Lipinski definition) is 3. The van der Waals surface area contributed by atoms with Crippen LogP contribution < -0.4 is 10.6 Å². The van der Waals surface area contributed by atoms with Crippen molar-refractivity contribution in [2.45, 2.75) is 63.6 Å². The maximum atomic E-state index is 12.1. The highest BCUT2D eigenvalue weighted by Gasteiger charge is 2.59. The topological polar surface area (TPSA) is 50.4 Å². The molecule has 2 N–H and O–H groups in total.